The first kappa shape index (κ1) is 42.1. The van der Waals surface area contributed by atoms with E-state index in [1.165, 1.54) is 69.3 Å². The zero-order valence-electron chi connectivity index (χ0n) is 33.4. The second-order valence-electron chi connectivity index (χ2n) is 16.2. The fourth-order valence-electron chi connectivity index (χ4n) is 9.99. The molecule has 16 heteroatoms. The van der Waals surface area contributed by atoms with Crippen LogP contribution in [0.2, 0.25) is 0 Å². The molecule has 0 amide bonds. The lowest BCUT2D eigenvalue weighted by molar-refractivity contribution is -0.352. The number of hydrogen-bond donors (Lipinski definition) is 3. The van der Waals surface area contributed by atoms with Gasteiger partial charge in [0.1, 0.15) is 47.0 Å². The highest BCUT2D eigenvalue weighted by molar-refractivity contribution is 5.93. The second kappa shape index (κ2) is 15.0. The largest absolute Gasteiger partial charge is 0.507 e. The smallest absolute Gasteiger partial charge is 0.342 e. The summed E-state index contributed by atoms with van der Waals surface area (Å²) in [5.41, 5.74) is -7.78. The zero-order valence-corrected chi connectivity index (χ0v) is 33.4. The maximum atomic E-state index is 14.3. The van der Waals surface area contributed by atoms with E-state index in [1.807, 2.05) is 0 Å². The summed E-state index contributed by atoms with van der Waals surface area (Å²) in [7, 11) is 0. The van der Waals surface area contributed by atoms with Crippen LogP contribution in [0.15, 0.2) is 59.7 Å². The van der Waals surface area contributed by atoms with Crippen LogP contribution in [0.5, 0.6) is 11.5 Å². The van der Waals surface area contributed by atoms with Crippen molar-refractivity contribution in [1.82, 2.24) is 0 Å². The van der Waals surface area contributed by atoms with Gasteiger partial charge in [-0.05, 0) is 56.2 Å². The van der Waals surface area contributed by atoms with Crippen molar-refractivity contribution in [2.45, 2.75) is 116 Å². The molecule has 2 saturated carbocycles. The fraction of sp³-hybridized carbons (Fsp3) is 0.524. The third kappa shape index (κ3) is 6.75. The van der Waals surface area contributed by atoms with E-state index in [0.29, 0.717) is 0 Å². The first-order chi connectivity index (χ1) is 27.1. The normalized spacial score (nSPS) is 32.5. The Balaban J connectivity index is 1.73. The molecular formula is C42H48O16. The molecular weight excluding hydrogens is 760 g/mol. The van der Waals surface area contributed by atoms with Crippen molar-refractivity contribution >= 4 is 35.8 Å². The molecule has 1 saturated heterocycles. The second-order valence-corrected chi connectivity index (χ2v) is 16.2. The number of rotatable bonds is 9. The van der Waals surface area contributed by atoms with Crippen molar-refractivity contribution in [3.8, 4) is 11.5 Å². The summed E-state index contributed by atoms with van der Waals surface area (Å²) in [6, 6.07) is 11.2. The highest BCUT2D eigenvalue weighted by Crippen LogP contribution is 2.69. The Labute approximate surface area is 334 Å². The number of carbonyl (C=O) groups excluding carboxylic acids is 6. The van der Waals surface area contributed by atoms with Crippen LogP contribution in [0, 0.1) is 16.7 Å². The summed E-state index contributed by atoms with van der Waals surface area (Å²) in [5, 5.41) is 34.1. The van der Waals surface area contributed by atoms with Gasteiger partial charge in [-0.2, -0.15) is 0 Å². The van der Waals surface area contributed by atoms with E-state index < -0.39 is 106 Å². The summed E-state index contributed by atoms with van der Waals surface area (Å²) in [5.74, 6) is -7.55. The molecule has 0 radical (unpaired) electrons. The number of hydrogen-bond acceptors (Lipinski definition) is 16. The van der Waals surface area contributed by atoms with Gasteiger partial charge in [0.15, 0.2) is 17.8 Å². The first-order valence-electron chi connectivity index (χ1n) is 18.8. The van der Waals surface area contributed by atoms with Gasteiger partial charge < -0.3 is 48.5 Å². The minimum atomic E-state index is -2.03. The number of fused-ring (bicyclic) bond motifs is 4. The van der Waals surface area contributed by atoms with Gasteiger partial charge in [-0.3, -0.25) is 19.2 Å². The van der Waals surface area contributed by atoms with E-state index in [4.69, 9.17) is 33.2 Å². The summed E-state index contributed by atoms with van der Waals surface area (Å²) in [6.07, 6.45) is -9.12. The van der Waals surface area contributed by atoms with Gasteiger partial charge in [0.2, 0.25) is 0 Å². The molecule has 0 unspecified atom stereocenters. The molecule has 0 spiro atoms. The monoisotopic (exact) mass is 808 g/mol. The van der Waals surface area contributed by atoms with Crippen molar-refractivity contribution < 1.29 is 77.2 Å². The number of ether oxygens (including phenoxy) is 7. The SMILES string of the molecule is CC(=O)O[C@H]1C[C@H]2OC[C@@]2(OC(C)=O)[C@H]2[C@H](OC(C)=O)[C@]3(C(C)(C)O)C[C@H](OC(=O)c4ccccc4O)C(C)=C3[C@@H](OC(=O)c3ccccc3O)[C@H](OC(C)=O)[C@]12C. The van der Waals surface area contributed by atoms with Crippen LogP contribution in [-0.2, 0) is 52.3 Å². The molecule has 4 aliphatic rings. The van der Waals surface area contributed by atoms with E-state index in [2.05, 4.69) is 0 Å². The Morgan fingerprint density at radius 1 is 0.741 bits per heavy atom. The number of aliphatic hydroxyl groups is 1. The van der Waals surface area contributed by atoms with Crippen LogP contribution >= 0.6 is 0 Å². The average Bonchev–Trinajstić information content (AvgIpc) is 3.37. The van der Waals surface area contributed by atoms with Crippen molar-refractivity contribution in [3.05, 3.63) is 70.8 Å². The summed E-state index contributed by atoms with van der Waals surface area (Å²) < 4.78 is 43.2. The number of benzene rings is 2. The molecule has 3 fully saturated rings. The van der Waals surface area contributed by atoms with Crippen LogP contribution in [0.4, 0.5) is 0 Å². The molecule has 3 aliphatic carbocycles. The first-order valence-corrected chi connectivity index (χ1v) is 18.8. The minimum Gasteiger partial charge on any atom is -0.507 e. The van der Waals surface area contributed by atoms with Crippen molar-refractivity contribution in [2.24, 2.45) is 16.7 Å². The third-order valence-electron chi connectivity index (χ3n) is 12.3. The molecule has 312 valence electrons. The van der Waals surface area contributed by atoms with Crippen LogP contribution in [-0.4, -0.2) is 106 Å². The van der Waals surface area contributed by atoms with Gasteiger partial charge in [0.25, 0.3) is 0 Å². The molecule has 2 aromatic carbocycles. The number of phenolic OH excluding ortho intramolecular Hbond substituents is 2. The maximum Gasteiger partial charge on any atom is 0.342 e. The molecule has 6 rings (SSSR count). The molecule has 0 bridgehead atoms. The van der Waals surface area contributed by atoms with Crippen molar-refractivity contribution in [2.75, 3.05) is 6.61 Å². The Morgan fingerprint density at radius 3 is 1.72 bits per heavy atom. The molecule has 58 heavy (non-hydrogen) atoms. The average molecular weight is 809 g/mol. The van der Waals surface area contributed by atoms with Gasteiger partial charge in [0.05, 0.1) is 29.0 Å². The number of phenols is 2. The molecule has 1 aliphatic heterocycles. The minimum absolute atomic E-state index is 0.0170. The maximum absolute atomic E-state index is 14.3. The van der Waals surface area contributed by atoms with Gasteiger partial charge in [-0.1, -0.05) is 31.2 Å². The summed E-state index contributed by atoms with van der Waals surface area (Å²) in [4.78, 5) is 81.1. The lowest BCUT2D eigenvalue weighted by Gasteiger charge is -2.65. The van der Waals surface area contributed by atoms with E-state index in [1.54, 1.807) is 13.8 Å². The van der Waals surface area contributed by atoms with Gasteiger partial charge >= 0.3 is 35.8 Å². The predicted octanol–water partition coefficient (Wildman–Crippen LogP) is 3.86. The van der Waals surface area contributed by atoms with E-state index >= 15 is 0 Å². The molecule has 16 nitrogen and oxygen atoms in total. The van der Waals surface area contributed by atoms with Crippen molar-refractivity contribution in [1.29, 1.82) is 0 Å². The highest BCUT2D eigenvalue weighted by atomic mass is 16.6. The summed E-state index contributed by atoms with van der Waals surface area (Å²) in [6.45, 7) is 10.2. The lowest BCUT2D eigenvalue weighted by atomic mass is 9.49. The summed E-state index contributed by atoms with van der Waals surface area (Å²) >= 11 is 0. The molecule has 0 aromatic heterocycles. The van der Waals surface area contributed by atoms with E-state index in [9.17, 15) is 44.1 Å². The lowest BCUT2D eigenvalue weighted by Crippen LogP contribution is -2.79. The quantitative estimate of drug-likeness (QED) is 0.186. The van der Waals surface area contributed by atoms with Crippen molar-refractivity contribution in [3.63, 3.8) is 0 Å². The molecule has 1 heterocycles. The standard InChI is InChI=1S/C42H48O16/c1-20-29(56-37(49)25-13-9-11-15-27(25)47)18-41(39(6,7)51)32(20)33(57-38(50)26-14-10-12-16-28(26)48)35(54-22(3)44)40(8)30(53-21(2)43)17-31-42(19-52-31,58-24(5)46)34(40)36(41)55-23(4)45/h9-16,29-31,33-36,47-48,51H,17-19H2,1-8H3/t29-,30-,31+,33+,34-,35-,36-,40+,41-,42-/m0/s1. The Morgan fingerprint density at radius 2 is 1.26 bits per heavy atom. The van der Waals surface area contributed by atoms with Gasteiger partial charge in [0, 0.05) is 40.5 Å². The number of aromatic hydroxyl groups is 2. The van der Waals surface area contributed by atoms with E-state index in [-0.39, 0.29) is 47.5 Å². The third-order valence-corrected chi connectivity index (χ3v) is 12.3. The number of esters is 6. The Bertz CT molecular complexity index is 2070. The molecule has 2 aromatic rings. The van der Waals surface area contributed by atoms with Crippen LogP contribution in [0.3, 0.4) is 0 Å². The molecule has 3 N–H and O–H groups in total. The van der Waals surface area contributed by atoms with Crippen LogP contribution in [0.25, 0.3) is 0 Å². The fourth-order valence-corrected chi connectivity index (χ4v) is 9.99. The Hall–Kier alpha value is -5.48. The zero-order chi connectivity index (χ0) is 42.7. The number of carbonyl (C=O) groups is 6. The Kier molecular flexibility index (Phi) is 10.9. The predicted molar refractivity (Wildman–Crippen MR) is 198 cm³/mol. The topological polar surface area (TPSA) is 228 Å². The highest BCUT2D eigenvalue weighted by Gasteiger charge is 2.81. The molecule has 10 atom stereocenters. The van der Waals surface area contributed by atoms with Gasteiger partial charge in [-0.15, -0.1) is 0 Å². The van der Waals surface area contributed by atoms with E-state index in [0.717, 1.165) is 20.8 Å². The van der Waals surface area contributed by atoms with Crippen LogP contribution < -0.4 is 0 Å². The number of para-hydroxylation sites is 2. The van der Waals surface area contributed by atoms with Crippen LogP contribution in [0.1, 0.15) is 88.9 Å². The van der Waals surface area contributed by atoms with Gasteiger partial charge in [-0.25, -0.2) is 9.59 Å².